The van der Waals surface area contributed by atoms with E-state index in [-0.39, 0.29) is 0 Å². The van der Waals surface area contributed by atoms with Crippen molar-refractivity contribution in [2.75, 3.05) is 6.26 Å². The number of thiophene rings is 1. The van der Waals surface area contributed by atoms with Crippen LogP contribution in [-0.4, -0.2) is 11.4 Å². The van der Waals surface area contributed by atoms with E-state index in [2.05, 4.69) is 28.3 Å². The molecule has 0 aliphatic rings. The highest BCUT2D eigenvalue weighted by Crippen LogP contribution is 2.41. The first-order valence-electron chi connectivity index (χ1n) is 4.11. The molecular formula is C10H9BrOS2. The maximum atomic E-state index is 9.69. The summed E-state index contributed by atoms with van der Waals surface area (Å²) in [6.07, 6.45) is 2.06. The first-order valence-corrected chi connectivity index (χ1v) is 7.27. The number of halogens is 1. The summed E-state index contributed by atoms with van der Waals surface area (Å²) in [6, 6.07) is 5.68. The summed E-state index contributed by atoms with van der Waals surface area (Å²) in [5.41, 5.74) is 1.29. The summed E-state index contributed by atoms with van der Waals surface area (Å²) in [4.78, 5) is 0. The predicted molar refractivity (Wildman–Crippen MR) is 67.9 cm³/mol. The molecule has 4 heteroatoms. The van der Waals surface area contributed by atoms with Gasteiger partial charge >= 0.3 is 0 Å². The summed E-state index contributed by atoms with van der Waals surface area (Å²) in [5, 5.41) is 11.7. The van der Waals surface area contributed by atoms with Gasteiger partial charge in [0.05, 0.1) is 8.91 Å². The van der Waals surface area contributed by atoms with Gasteiger partial charge in [-0.15, -0.1) is 23.1 Å². The van der Waals surface area contributed by atoms with Gasteiger partial charge in [-0.1, -0.05) is 28.1 Å². The van der Waals surface area contributed by atoms with Crippen LogP contribution >= 0.6 is 39.0 Å². The zero-order chi connectivity index (χ0) is 10.1. The highest BCUT2D eigenvalue weighted by Gasteiger charge is 2.12. The molecule has 0 saturated carbocycles. The number of benzene rings is 1. The van der Waals surface area contributed by atoms with Crippen LogP contribution in [-0.2, 0) is 5.33 Å². The van der Waals surface area contributed by atoms with E-state index in [9.17, 15) is 5.11 Å². The molecule has 1 heterocycles. The largest absolute Gasteiger partial charge is 0.506 e. The van der Waals surface area contributed by atoms with E-state index >= 15 is 0 Å². The van der Waals surface area contributed by atoms with Gasteiger partial charge in [-0.05, 0) is 17.9 Å². The molecule has 0 saturated heterocycles. The number of hydrogen-bond donors (Lipinski definition) is 1. The van der Waals surface area contributed by atoms with E-state index in [0.717, 1.165) is 15.4 Å². The minimum atomic E-state index is 0.384. The first kappa shape index (κ1) is 10.3. The van der Waals surface area contributed by atoms with Crippen molar-refractivity contribution in [2.45, 2.75) is 9.54 Å². The average Bonchev–Trinajstić information content (AvgIpc) is 2.57. The third-order valence-corrected chi connectivity index (χ3v) is 5.07. The normalized spacial score (nSPS) is 11.0. The molecule has 1 N–H and O–H groups in total. The van der Waals surface area contributed by atoms with Gasteiger partial charge in [-0.2, -0.15) is 0 Å². The van der Waals surface area contributed by atoms with Crippen LogP contribution in [0.25, 0.3) is 10.1 Å². The molecule has 0 aliphatic heterocycles. The standard InChI is InChI=1S/C10H9BrOS2/c1-13-10-7(5-11)6-3-2-4-8(12)9(6)14-10/h2-4,12H,5H2,1H3. The van der Waals surface area contributed by atoms with Crippen molar-refractivity contribution in [3.05, 3.63) is 23.8 Å². The Balaban J connectivity index is 2.79. The van der Waals surface area contributed by atoms with E-state index in [0.29, 0.717) is 5.75 Å². The molecule has 0 atom stereocenters. The van der Waals surface area contributed by atoms with Gasteiger partial charge in [0, 0.05) is 10.7 Å². The summed E-state index contributed by atoms with van der Waals surface area (Å²) < 4.78 is 2.27. The molecule has 0 bridgehead atoms. The number of rotatable bonds is 2. The Morgan fingerprint density at radius 2 is 2.29 bits per heavy atom. The third-order valence-electron chi connectivity index (χ3n) is 2.08. The average molecular weight is 289 g/mol. The molecule has 74 valence electrons. The lowest BCUT2D eigenvalue weighted by molar-refractivity contribution is 0.482. The van der Waals surface area contributed by atoms with Gasteiger partial charge in [0.25, 0.3) is 0 Å². The molecule has 0 aliphatic carbocycles. The highest BCUT2D eigenvalue weighted by molar-refractivity contribution is 9.08. The molecule has 0 unspecified atom stereocenters. The van der Waals surface area contributed by atoms with Crippen molar-refractivity contribution in [3.8, 4) is 5.75 Å². The van der Waals surface area contributed by atoms with Gasteiger partial charge in [-0.25, -0.2) is 0 Å². The minimum Gasteiger partial charge on any atom is -0.506 e. The fourth-order valence-electron chi connectivity index (χ4n) is 1.43. The number of hydrogen-bond acceptors (Lipinski definition) is 3. The molecule has 2 rings (SSSR count). The lowest BCUT2D eigenvalue weighted by Crippen LogP contribution is -1.75. The molecule has 0 fully saturated rings. The molecule has 0 spiro atoms. The Bertz CT molecular complexity index is 464. The lowest BCUT2D eigenvalue weighted by atomic mass is 10.2. The maximum absolute atomic E-state index is 9.69. The second-order valence-corrected chi connectivity index (χ2v) is 5.52. The van der Waals surface area contributed by atoms with Gasteiger partial charge in [0.1, 0.15) is 5.75 Å². The number of aromatic hydroxyl groups is 1. The van der Waals surface area contributed by atoms with E-state index in [1.54, 1.807) is 29.2 Å². The molecule has 0 radical (unpaired) electrons. The smallest absolute Gasteiger partial charge is 0.133 e. The van der Waals surface area contributed by atoms with E-state index in [1.807, 2.05) is 6.07 Å². The van der Waals surface area contributed by atoms with Crippen molar-refractivity contribution in [3.63, 3.8) is 0 Å². The molecule has 1 aromatic carbocycles. The summed E-state index contributed by atoms with van der Waals surface area (Å²) >= 11 is 6.88. The number of phenolic OH excluding ortho intramolecular Hbond substituents is 1. The van der Waals surface area contributed by atoms with Gasteiger partial charge in [0.2, 0.25) is 0 Å². The summed E-state index contributed by atoms with van der Waals surface area (Å²) in [5.74, 6) is 0.384. The van der Waals surface area contributed by atoms with E-state index < -0.39 is 0 Å². The van der Waals surface area contributed by atoms with Gasteiger partial charge < -0.3 is 5.11 Å². The highest BCUT2D eigenvalue weighted by atomic mass is 79.9. The zero-order valence-corrected chi connectivity index (χ0v) is 10.8. The van der Waals surface area contributed by atoms with Crippen LogP contribution < -0.4 is 0 Å². The first-order chi connectivity index (χ1) is 6.77. The molecule has 1 nitrogen and oxygen atoms in total. The number of thioether (sulfide) groups is 1. The number of phenols is 1. The summed E-state index contributed by atoms with van der Waals surface area (Å²) in [7, 11) is 0. The van der Waals surface area contributed by atoms with Gasteiger partial charge in [-0.3, -0.25) is 0 Å². The van der Waals surface area contributed by atoms with Crippen LogP contribution in [0.15, 0.2) is 22.4 Å². The zero-order valence-electron chi connectivity index (χ0n) is 7.58. The van der Waals surface area contributed by atoms with Crippen molar-refractivity contribution in [1.29, 1.82) is 0 Å². The van der Waals surface area contributed by atoms with Crippen LogP contribution in [0.1, 0.15) is 5.56 Å². The predicted octanol–water partition coefficient (Wildman–Crippen LogP) is 4.22. The van der Waals surface area contributed by atoms with Gasteiger partial charge in [0.15, 0.2) is 0 Å². The Kier molecular flexibility index (Phi) is 3.04. The van der Waals surface area contributed by atoms with Crippen LogP contribution in [0.3, 0.4) is 0 Å². The number of fused-ring (bicyclic) bond motifs is 1. The Morgan fingerprint density at radius 1 is 1.50 bits per heavy atom. The van der Waals surface area contributed by atoms with Crippen molar-refractivity contribution in [2.24, 2.45) is 0 Å². The second kappa shape index (κ2) is 4.13. The van der Waals surface area contributed by atoms with Crippen molar-refractivity contribution in [1.82, 2.24) is 0 Å². The molecule has 0 amide bonds. The van der Waals surface area contributed by atoms with Crippen LogP contribution in [0.2, 0.25) is 0 Å². The quantitative estimate of drug-likeness (QED) is 0.659. The van der Waals surface area contributed by atoms with Crippen LogP contribution in [0.5, 0.6) is 5.75 Å². The fourth-order valence-corrected chi connectivity index (χ4v) is 4.36. The Hall–Kier alpha value is -0.190. The van der Waals surface area contributed by atoms with E-state index in [1.165, 1.54) is 9.77 Å². The number of alkyl halides is 1. The second-order valence-electron chi connectivity index (χ2n) is 2.86. The monoisotopic (exact) mass is 288 g/mol. The SMILES string of the molecule is CSc1sc2c(O)cccc2c1CBr. The maximum Gasteiger partial charge on any atom is 0.133 e. The molecule has 14 heavy (non-hydrogen) atoms. The molecule has 1 aromatic heterocycles. The summed E-state index contributed by atoms with van der Waals surface area (Å²) in [6.45, 7) is 0. The van der Waals surface area contributed by atoms with E-state index in [4.69, 9.17) is 0 Å². The topological polar surface area (TPSA) is 20.2 Å². The van der Waals surface area contributed by atoms with Crippen LogP contribution in [0.4, 0.5) is 0 Å². The Labute approximate surface area is 99.3 Å². The Morgan fingerprint density at radius 3 is 2.93 bits per heavy atom. The third kappa shape index (κ3) is 1.55. The lowest BCUT2D eigenvalue weighted by Gasteiger charge is -1.96. The fraction of sp³-hybridized carbons (Fsp3) is 0.200. The van der Waals surface area contributed by atoms with Crippen molar-refractivity contribution < 1.29 is 5.11 Å². The van der Waals surface area contributed by atoms with Crippen LogP contribution in [0, 0.1) is 0 Å². The molecule has 2 aromatic rings. The molecular weight excluding hydrogens is 280 g/mol. The van der Waals surface area contributed by atoms with Crippen molar-refractivity contribution >= 4 is 49.1 Å². The minimum absolute atomic E-state index is 0.384.